The number of nitrogens with one attached hydrogen (secondary N) is 3. The molecular weight excluding hydrogens is 309 g/mol. The van der Waals surface area contributed by atoms with E-state index < -0.39 is 11.9 Å². The Morgan fingerprint density at radius 2 is 1.80 bits per heavy atom. The highest BCUT2D eigenvalue weighted by atomic mass is 127. The van der Waals surface area contributed by atoms with E-state index in [0.717, 1.165) is 9.26 Å². The first-order valence-electron chi connectivity index (χ1n) is 4.17. The molecule has 3 amide bonds. The van der Waals surface area contributed by atoms with Gasteiger partial charge in [-0.05, 0) is 46.9 Å². The van der Waals surface area contributed by atoms with Crippen LogP contribution < -0.4 is 16.2 Å². The first-order valence-corrected chi connectivity index (χ1v) is 5.25. The van der Waals surface area contributed by atoms with Crippen LogP contribution >= 0.6 is 22.6 Å². The molecule has 0 unspecified atom stereocenters. The van der Waals surface area contributed by atoms with Gasteiger partial charge in [0.05, 0.1) is 5.69 Å². The second kappa shape index (κ2) is 5.54. The van der Waals surface area contributed by atoms with E-state index in [-0.39, 0.29) is 0 Å². The Morgan fingerprint density at radius 3 is 2.33 bits per heavy atom. The summed E-state index contributed by atoms with van der Waals surface area (Å²) in [5.41, 5.74) is 5.73. The van der Waals surface area contributed by atoms with Crippen molar-refractivity contribution < 1.29 is 9.59 Å². The number of benzene rings is 1. The number of carbonyl (C=O) groups is 2. The molecule has 15 heavy (non-hydrogen) atoms. The zero-order valence-corrected chi connectivity index (χ0v) is 10.2. The van der Waals surface area contributed by atoms with Crippen molar-refractivity contribution in [2.75, 3.05) is 5.43 Å². The van der Waals surface area contributed by atoms with Crippen molar-refractivity contribution in [3.05, 3.63) is 27.8 Å². The van der Waals surface area contributed by atoms with E-state index in [0.29, 0.717) is 0 Å². The monoisotopic (exact) mass is 319 g/mol. The summed E-state index contributed by atoms with van der Waals surface area (Å²) in [5, 5.41) is 2.07. The van der Waals surface area contributed by atoms with Gasteiger partial charge in [0.25, 0.3) is 0 Å². The van der Waals surface area contributed by atoms with Gasteiger partial charge in [-0.1, -0.05) is 0 Å². The summed E-state index contributed by atoms with van der Waals surface area (Å²) in [6, 6.07) is 6.84. The van der Waals surface area contributed by atoms with Crippen LogP contribution in [0.3, 0.4) is 0 Å². The molecule has 3 N–H and O–H groups in total. The highest BCUT2D eigenvalue weighted by Gasteiger charge is 2.00. The summed E-state index contributed by atoms with van der Waals surface area (Å²) in [4.78, 5) is 21.5. The fraction of sp³-hybridized carbons (Fsp3) is 0.111. The van der Waals surface area contributed by atoms with E-state index in [4.69, 9.17) is 0 Å². The summed E-state index contributed by atoms with van der Waals surface area (Å²) >= 11 is 2.18. The van der Waals surface area contributed by atoms with E-state index in [2.05, 4.69) is 38.8 Å². The molecule has 0 atom stereocenters. The number of anilines is 1. The highest BCUT2D eigenvalue weighted by molar-refractivity contribution is 14.1. The van der Waals surface area contributed by atoms with E-state index >= 15 is 0 Å². The molecule has 0 aliphatic rings. The molecule has 0 radical (unpaired) electrons. The molecular formula is C9H10IN3O2. The number of imide groups is 1. The topological polar surface area (TPSA) is 70.2 Å². The Bertz CT molecular complexity index is 364. The standard InChI is InChI=1S/C9H10IN3O2/c1-6(14)11-9(15)13-12-8-4-2-7(10)3-5-8/h2-5,12H,1H3,(H2,11,13,14,15). The highest BCUT2D eigenvalue weighted by Crippen LogP contribution is 2.09. The number of hydrazine groups is 1. The maximum absolute atomic E-state index is 11.0. The maximum Gasteiger partial charge on any atom is 0.340 e. The molecule has 0 aromatic heterocycles. The lowest BCUT2D eigenvalue weighted by atomic mass is 10.3. The number of urea groups is 1. The first-order chi connectivity index (χ1) is 7.08. The third kappa shape index (κ3) is 4.63. The van der Waals surface area contributed by atoms with Gasteiger partial charge in [0, 0.05) is 10.5 Å². The Labute approximate surface area is 101 Å². The minimum absolute atomic E-state index is 0.406. The minimum atomic E-state index is -0.582. The molecule has 0 fully saturated rings. The van der Waals surface area contributed by atoms with Gasteiger partial charge in [-0.25, -0.2) is 4.79 Å². The number of halogens is 1. The van der Waals surface area contributed by atoms with Gasteiger partial charge in [-0.2, -0.15) is 0 Å². The average molecular weight is 319 g/mol. The zero-order chi connectivity index (χ0) is 11.3. The average Bonchev–Trinajstić information content (AvgIpc) is 2.16. The van der Waals surface area contributed by atoms with Gasteiger partial charge in [0.2, 0.25) is 5.91 Å². The molecule has 1 aromatic carbocycles. The molecule has 0 spiro atoms. The maximum atomic E-state index is 11.0. The second-order valence-corrected chi connectivity index (χ2v) is 4.01. The van der Waals surface area contributed by atoms with Crippen LogP contribution in [0.1, 0.15) is 6.92 Å². The molecule has 5 nitrogen and oxygen atoms in total. The van der Waals surface area contributed by atoms with Crippen LogP contribution in [0.15, 0.2) is 24.3 Å². The summed E-state index contributed by atoms with van der Waals surface area (Å²) in [6.07, 6.45) is 0. The quantitative estimate of drug-likeness (QED) is 0.571. The lowest BCUT2D eigenvalue weighted by Gasteiger charge is -2.07. The van der Waals surface area contributed by atoms with Crippen LogP contribution in [0, 0.1) is 3.57 Å². The first kappa shape index (κ1) is 11.8. The van der Waals surface area contributed by atoms with Gasteiger partial charge in [-0.15, -0.1) is 0 Å². The van der Waals surface area contributed by atoms with E-state index in [1.54, 1.807) is 0 Å². The van der Waals surface area contributed by atoms with Crippen LogP contribution in [0.2, 0.25) is 0 Å². The van der Waals surface area contributed by atoms with Crippen LogP contribution in [-0.2, 0) is 4.79 Å². The van der Waals surface area contributed by atoms with Gasteiger partial charge < -0.3 is 0 Å². The molecule has 1 rings (SSSR count). The van der Waals surface area contributed by atoms with Crippen molar-refractivity contribution in [2.24, 2.45) is 0 Å². The summed E-state index contributed by atoms with van der Waals surface area (Å²) in [7, 11) is 0. The summed E-state index contributed by atoms with van der Waals surface area (Å²) in [5.74, 6) is -0.406. The minimum Gasteiger partial charge on any atom is -0.297 e. The second-order valence-electron chi connectivity index (χ2n) is 2.77. The lowest BCUT2D eigenvalue weighted by Crippen LogP contribution is -2.41. The number of hydrogen-bond donors (Lipinski definition) is 3. The van der Waals surface area contributed by atoms with Gasteiger partial charge in [0.15, 0.2) is 0 Å². The molecule has 80 valence electrons. The van der Waals surface area contributed by atoms with Crippen molar-refractivity contribution in [2.45, 2.75) is 6.92 Å². The fourth-order valence-electron chi connectivity index (χ4n) is 0.853. The molecule has 1 aromatic rings. The molecule has 0 aliphatic heterocycles. The van der Waals surface area contributed by atoms with E-state index in [9.17, 15) is 9.59 Å². The van der Waals surface area contributed by atoms with Crippen LogP contribution in [0.25, 0.3) is 0 Å². The smallest absolute Gasteiger partial charge is 0.297 e. The predicted octanol–water partition coefficient (Wildman–Crippen LogP) is 1.46. The Morgan fingerprint density at radius 1 is 1.20 bits per heavy atom. The van der Waals surface area contributed by atoms with Crippen molar-refractivity contribution in [3.63, 3.8) is 0 Å². The number of amides is 3. The molecule has 0 aliphatic carbocycles. The van der Waals surface area contributed by atoms with Crippen molar-refractivity contribution in [1.29, 1.82) is 0 Å². The molecule has 0 saturated heterocycles. The lowest BCUT2D eigenvalue weighted by molar-refractivity contribution is -0.117. The van der Waals surface area contributed by atoms with Crippen LogP contribution in [0.5, 0.6) is 0 Å². The van der Waals surface area contributed by atoms with Gasteiger partial charge >= 0.3 is 6.03 Å². The predicted molar refractivity (Wildman–Crippen MR) is 65.1 cm³/mol. The van der Waals surface area contributed by atoms with Crippen molar-refractivity contribution >= 4 is 40.2 Å². The Balaban J connectivity index is 2.40. The van der Waals surface area contributed by atoms with Crippen LogP contribution in [0.4, 0.5) is 10.5 Å². The number of hydrogen-bond acceptors (Lipinski definition) is 3. The molecule has 0 bridgehead atoms. The van der Waals surface area contributed by atoms with Gasteiger partial charge in [-0.3, -0.25) is 21.0 Å². The normalized spacial score (nSPS) is 9.20. The zero-order valence-electron chi connectivity index (χ0n) is 8.00. The largest absolute Gasteiger partial charge is 0.340 e. The van der Waals surface area contributed by atoms with Crippen molar-refractivity contribution in [1.82, 2.24) is 10.7 Å². The van der Waals surface area contributed by atoms with E-state index in [1.807, 2.05) is 24.3 Å². The fourth-order valence-corrected chi connectivity index (χ4v) is 1.21. The SMILES string of the molecule is CC(=O)NC(=O)NNc1ccc(I)cc1. The molecule has 0 saturated carbocycles. The van der Waals surface area contributed by atoms with E-state index in [1.165, 1.54) is 6.92 Å². The summed E-state index contributed by atoms with van der Waals surface area (Å²) < 4.78 is 1.10. The van der Waals surface area contributed by atoms with Crippen LogP contribution in [-0.4, -0.2) is 11.9 Å². The third-order valence-corrected chi connectivity index (χ3v) is 2.17. The summed E-state index contributed by atoms with van der Waals surface area (Å²) in [6.45, 7) is 1.27. The third-order valence-electron chi connectivity index (χ3n) is 1.45. The molecule has 6 heteroatoms. The van der Waals surface area contributed by atoms with Crippen molar-refractivity contribution in [3.8, 4) is 0 Å². The van der Waals surface area contributed by atoms with Gasteiger partial charge in [0.1, 0.15) is 0 Å². The Hall–Kier alpha value is -1.31. The Kier molecular flexibility index (Phi) is 4.35. The number of carbonyl (C=O) groups excluding carboxylic acids is 2. The number of rotatable bonds is 2. The molecule has 0 heterocycles.